The number of nitrogens with zero attached hydrogens (tertiary/aromatic N) is 4. The third-order valence-corrected chi connectivity index (χ3v) is 2.11. The van der Waals surface area contributed by atoms with E-state index in [2.05, 4.69) is 16.2 Å². The molecular weight excluding hydrogens is 192 g/mol. The predicted molar refractivity (Wildman–Crippen MR) is 53.6 cm³/mol. The van der Waals surface area contributed by atoms with Gasteiger partial charge in [0.15, 0.2) is 5.65 Å². The Hall–Kier alpha value is -2.09. The van der Waals surface area contributed by atoms with Gasteiger partial charge >= 0.3 is 0 Å². The number of hydrogen-bond acceptors (Lipinski definition) is 4. The fraction of sp³-hybridized carbons (Fsp3) is 0.300. The zero-order valence-electron chi connectivity index (χ0n) is 8.56. The standard InChI is InChI=1S/C10H10N4O/c1-3-15-10-4-9-12-6-8(5-11)7(2)14(9)13-10/h4,6H,3H2,1-2H3. The van der Waals surface area contributed by atoms with E-state index in [4.69, 9.17) is 10.00 Å². The molecule has 0 unspecified atom stereocenters. The predicted octanol–water partition coefficient (Wildman–Crippen LogP) is 1.31. The van der Waals surface area contributed by atoms with Crippen LogP contribution in [0.2, 0.25) is 0 Å². The van der Waals surface area contributed by atoms with Crippen LogP contribution in [0.3, 0.4) is 0 Å². The van der Waals surface area contributed by atoms with Crippen molar-refractivity contribution in [3.05, 3.63) is 23.5 Å². The lowest BCUT2D eigenvalue weighted by atomic mass is 10.3. The lowest BCUT2D eigenvalue weighted by molar-refractivity contribution is 0.325. The summed E-state index contributed by atoms with van der Waals surface area (Å²) < 4.78 is 6.88. The molecule has 0 N–H and O–H groups in total. The van der Waals surface area contributed by atoms with Gasteiger partial charge < -0.3 is 4.74 Å². The minimum absolute atomic E-state index is 0.522. The summed E-state index contributed by atoms with van der Waals surface area (Å²) in [6.07, 6.45) is 1.54. The highest BCUT2D eigenvalue weighted by molar-refractivity contribution is 5.46. The molecule has 0 atom stereocenters. The van der Waals surface area contributed by atoms with Crippen LogP contribution >= 0.6 is 0 Å². The van der Waals surface area contributed by atoms with E-state index >= 15 is 0 Å². The fourth-order valence-electron chi connectivity index (χ4n) is 1.36. The molecule has 0 bridgehead atoms. The van der Waals surface area contributed by atoms with E-state index in [1.54, 1.807) is 16.8 Å². The molecule has 5 heteroatoms. The van der Waals surface area contributed by atoms with E-state index in [0.717, 1.165) is 5.69 Å². The molecule has 5 nitrogen and oxygen atoms in total. The van der Waals surface area contributed by atoms with Gasteiger partial charge in [0.25, 0.3) is 0 Å². The van der Waals surface area contributed by atoms with Crippen molar-refractivity contribution in [2.75, 3.05) is 6.61 Å². The molecule has 76 valence electrons. The topological polar surface area (TPSA) is 63.2 Å². The lowest BCUT2D eigenvalue weighted by Gasteiger charge is -1.98. The fourth-order valence-corrected chi connectivity index (χ4v) is 1.36. The maximum absolute atomic E-state index is 8.83. The van der Waals surface area contributed by atoms with Gasteiger partial charge in [-0.1, -0.05) is 0 Å². The Kier molecular flexibility index (Phi) is 2.26. The van der Waals surface area contributed by atoms with Crippen molar-refractivity contribution in [1.29, 1.82) is 5.26 Å². The Morgan fingerprint density at radius 1 is 1.60 bits per heavy atom. The van der Waals surface area contributed by atoms with Gasteiger partial charge in [-0.25, -0.2) is 9.50 Å². The van der Waals surface area contributed by atoms with Gasteiger partial charge in [0, 0.05) is 12.3 Å². The first-order valence-electron chi connectivity index (χ1n) is 4.64. The third kappa shape index (κ3) is 1.50. The minimum atomic E-state index is 0.522. The van der Waals surface area contributed by atoms with Gasteiger partial charge in [-0.15, -0.1) is 5.10 Å². The van der Waals surface area contributed by atoms with Crippen LogP contribution in [0.1, 0.15) is 18.2 Å². The van der Waals surface area contributed by atoms with Crippen LogP contribution in [0.4, 0.5) is 0 Å². The summed E-state index contributed by atoms with van der Waals surface area (Å²) >= 11 is 0. The molecule has 0 radical (unpaired) electrons. The summed E-state index contributed by atoms with van der Waals surface area (Å²) in [5, 5.41) is 13.0. The first kappa shape index (κ1) is 9.46. The minimum Gasteiger partial charge on any atom is -0.477 e. The Morgan fingerprint density at radius 2 is 2.40 bits per heavy atom. The molecule has 0 spiro atoms. The second-order valence-electron chi connectivity index (χ2n) is 3.05. The molecule has 0 aromatic carbocycles. The Morgan fingerprint density at radius 3 is 3.07 bits per heavy atom. The number of hydrogen-bond donors (Lipinski definition) is 0. The zero-order chi connectivity index (χ0) is 10.8. The van der Waals surface area contributed by atoms with E-state index in [-0.39, 0.29) is 0 Å². The van der Waals surface area contributed by atoms with Crippen molar-refractivity contribution in [3.8, 4) is 11.9 Å². The molecule has 2 aromatic heterocycles. The van der Waals surface area contributed by atoms with Gasteiger partial charge in [-0.3, -0.25) is 0 Å². The maximum Gasteiger partial charge on any atom is 0.235 e. The van der Waals surface area contributed by atoms with Crippen LogP contribution in [0.15, 0.2) is 12.3 Å². The number of nitriles is 1. The summed E-state index contributed by atoms with van der Waals surface area (Å²) in [5.41, 5.74) is 1.98. The van der Waals surface area contributed by atoms with E-state index in [9.17, 15) is 0 Å². The van der Waals surface area contributed by atoms with Gasteiger partial charge in [-0.2, -0.15) is 5.26 Å². The summed E-state index contributed by atoms with van der Waals surface area (Å²) in [6, 6.07) is 3.81. The number of rotatable bonds is 2. The molecule has 0 aliphatic heterocycles. The van der Waals surface area contributed by atoms with Crippen LogP contribution in [-0.2, 0) is 0 Å². The quantitative estimate of drug-likeness (QED) is 0.736. The number of ether oxygens (including phenoxy) is 1. The SMILES string of the molecule is CCOc1cc2ncc(C#N)c(C)n2n1. The second-order valence-corrected chi connectivity index (χ2v) is 3.05. The molecule has 2 rings (SSSR count). The van der Waals surface area contributed by atoms with Crippen LogP contribution in [0, 0.1) is 18.3 Å². The number of aryl methyl sites for hydroxylation is 1. The first-order chi connectivity index (χ1) is 7.26. The highest BCUT2D eigenvalue weighted by Crippen LogP contribution is 2.14. The Labute approximate surface area is 86.9 Å². The summed E-state index contributed by atoms with van der Waals surface area (Å²) in [7, 11) is 0. The highest BCUT2D eigenvalue weighted by atomic mass is 16.5. The Balaban J connectivity index is 2.62. The van der Waals surface area contributed by atoms with Crippen LogP contribution in [-0.4, -0.2) is 21.2 Å². The molecule has 0 fully saturated rings. The van der Waals surface area contributed by atoms with Crippen molar-refractivity contribution in [2.24, 2.45) is 0 Å². The molecule has 15 heavy (non-hydrogen) atoms. The van der Waals surface area contributed by atoms with Crippen molar-refractivity contribution in [2.45, 2.75) is 13.8 Å². The van der Waals surface area contributed by atoms with Crippen molar-refractivity contribution in [1.82, 2.24) is 14.6 Å². The van der Waals surface area contributed by atoms with Gasteiger partial charge in [0.05, 0.1) is 17.9 Å². The number of fused-ring (bicyclic) bond motifs is 1. The molecule has 0 amide bonds. The van der Waals surface area contributed by atoms with Gasteiger partial charge in [0.1, 0.15) is 6.07 Å². The molecule has 2 heterocycles. The molecule has 0 saturated heterocycles. The van der Waals surface area contributed by atoms with Gasteiger partial charge in [0.2, 0.25) is 5.88 Å². The number of aromatic nitrogens is 3. The monoisotopic (exact) mass is 202 g/mol. The summed E-state index contributed by atoms with van der Waals surface area (Å²) in [5.74, 6) is 0.531. The normalized spacial score (nSPS) is 10.2. The van der Waals surface area contributed by atoms with Crippen molar-refractivity contribution < 1.29 is 4.74 Å². The molecule has 0 aliphatic carbocycles. The molecule has 0 aliphatic rings. The smallest absolute Gasteiger partial charge is 0.235 e. The lowest BCUT2D eigenvalue weighted by Crippen LogP contribution is -1.99. The van der Waals surface area contributed by atoms with Crippen LogP contribution < -0.4 is 4.74 Å². The van der Waals surface area contributed by atoms with E-state index in [1.165, 1.54) is 0 Å². The van der Waals surface area contributed by atoms with Gasteiger partial charge in [-0.05, 0) is 13.8 Å². The van der Waals surface area contributed by atoms with Crippen LogP contribution in [0.5, 0.6) is 5.88 Å². The van der Waals surface area contributed by atoms with E-state index < -0.39 is 0 Å². The van der Waals surface area contributed by atoms with Crippen LogP contribution in [0.25, 0.3) is 5.65 Å². The highest BCUT2D eigenvalue weighted by Gasteiger charge is 2.08. The molecular formula is C10H10N4O. The summed E-state index contributed by atoms with van der Waals surface area (Å²) in [6.45, 7) is 4.29. The summed E-state index contributed by atoms with van der Waals surface area (Å²) in [4.78, 5) is 4.11. The van der Waals surface area contributed by atoms with Crippen molar-refractivity contribution in [3.63, 3.8) is 0 Å². The average molecular weight is 202 g/mol. The first-order valence-corrected chi connectivity index (χ1v) is 4.64. The molecule has 0 saturated carbocycles. The second kappa shape index (κ2) is 3.58. The molecule has 2 aromatic rings. The van der Waals surface area contributed by atoms with E-state index in [1.807, 2.05) is 13.8 Å². The third-order valence-electron chi connectivity index (χ3n) is 2.11. The van der Waals surface area contributed by atoms with Crippen molar-refractivity contribution >= 4 is 5.65 Å². The maximum atomic E-state index is 8.83. The van der Waals surface area contributed by atoms with E-state index in [0.29, 0.717) is 23.7 Å². The largest absolute Gasteiger partial charge is 0.477 e. The Bertz CT molecular complexity index is 538. The zero-order valence-corrected chi connectivity index (χ0v) is 8.56. The average Bonchev–Trinajstić information content (AvgIpc) is 2.63.